The van der Waals surface area contributed by atoms with Crippen molar-refractivity contribution in [1.82, 2.24) is 9.78 Å². The lowest BCUT2D eigenvalue weighted by Crippen LogP contribution is -2.02. The summed E-state index contributed by atoms with van der Waals surface area (Å²) in [7, 11) is 1.81. The molecule has 0 bridgehead atoms. The Morgan fingerprint density at radius 3 is 2.81 bits per heavy atom. The number of rotatable bonds is 2. The smallest absolute Gasteiger partial charge is 0.109 e. The number of hydrogen-bond acceptors (Lipinski definition) is 3. The van der Waals surface area contributed by atoms with Crippen molar-refractivity contribution in [1.29, 1.82) is 0 Å². The van der Waals surface area contributed by atoms with Crippen LogP contribution in [0.1, 0.15) is 17.2 Å². The molecule has 0 saturated carbocycles. The van der Waals surface area contributed by atoms with Crippen LogP contribution in [0.25, 0.3) is 0 Å². The maximum Gasteiger partial charge on any atom is 0.109 e. The van der Waals surface area contributed by atoms with E-state index in [2.05, 4.69) is 21.0 Å². The zero-order valence-corrected chi connectivity index (χ0v) is 10.3. The number of aliphatic hydroxyl groups excluding tert-OH is 1. The molecule has 0 radical (unpaired) electrons. The highest BCUT2D eigenvalue weighted by atomic mass is 79.9. The van der Waals surface area contributed by atoms with Crippen molar-refractivity contribution in [3.8, 4) is 0 Å². The summed E-state index contributed by atoms with van der Waals surface area (Å²) in [4.78, 5) is 0. The van der Waals surface area contributed by atoms with E-state index in [4.69, 9.17) is 5.73 Å². The van der Waals surface area contributed by atoms with Crippen LogP contribution in [0.4, 0.5) is 5.69 Å². The summed E-state index contributed by atoms with van der Waals surface area (Å²) in [6.07, 6.45) is 2.67. The molecule has 2 aromatic rings. The van der Waals surface area contributed by atoms with E-state index in [-0.39, 0.29) is 0 Å². The fraction of sp³-hybridized carbons (Fsp3) is 0.182. The molecule has 0 saturated heterocycles. The van der Waals surface area contributed by atoms with Crippen LogP contribution in [0.15, 0.2) is 35.1 Å². The van der Waals surface area contributed by atoms with Gasteiger partial charge in [-0.25, -0.2) is 0 Å². The molecule has 16 heavy (non-hydrogen) atoms. The van der Waals surface area contributed by atoms with Gasteiger partial charge in [-0.05, 0) is 12.1 Å². The van der Waals surface area contributed by atoms with Gasteiger partial charge in [0.05, 0.1) is 6.20 Å². The molecule has 1 unspecified atom stereocenters. The van der Waals surface area contributed by atoms with E-state index in [0.29, 0.717) is 11.3 Å². The highest BCUT2D eigenvalue weighted by molar-refractivity contribution is 9.10. The third-order valence-electron chi connectivity index (χ3n) is 2.38. The van der Waals surface area contributed by atoms with Crippen molar-refractivity contribution in [2.24, 2.45) is 7.05 Å². The first-order valence-electron chi connectivity index (χ1n) is 4.79. The normalized spacial score (nSPS) is 12.7. The number of benzene rings is 1. The molecule has 0 aliphatic carbocycles. The van der Waals surface area contributed by atoms with Gasteiger partial charge in [0.2, 0.25) is 0 Å². The van der Waals surface area contributed by atoms with E-state index in [1.54, 1.807) is 36.3 Å². The number of aliphatic hydroxyl groups is 1. The summed E-state index contributed by atoms with van der Waals surface area (Å²) in [6.45, 7) is 0. The number of hydrogen-bond donors (Lipinski definition) is 2. The minimum Gasteiger partial charge on any atom is -0.398 e. The van der Waals surface area contributed by atoms with Crippen molar-refractivity contribution < 1.29 is 5.11 Å². The van der Waals surface area contributed by atoms with Crippen LogP contribution >= 0.6 is 15.9 Å². The summed E-state index contributed by atoms with van der Waals surface area (Å²) in [5.74, 6) is 0. The molecular formula is C11H12BrN3O. The summed E-state index contributed by atoms with van der Waals surface area (Å²) in [6, 6.07) is 5.43. The number of nitrogens with zero attached hydrogens (tertiary/aromatic N) is 2. The average Bonchev–Trinajstić information content (AvgIpc) is 2.64. The third kappa shape index (κ3) is 2.10. The van der Waals surface area contributed by atoms with Crippen LogP contribution < -0.4 is 5.73 Å². The third-order valence-corrected chi connectivity index (χ3v) is 2.88. The van der Waals surface area contributed by atoms with E-state index in [1.807, 2.05) is 6.07 Å². The second kappa shape index (κ2) is 4.27. The second-order valence-electron chi connectivity index (χ2n) is 3.62. The molecule has 0 spiro atoms. The summed E-state index contributed by atoms with van der Waals surface area (Å²) < 4.78 is 2.54. The number of anilines is 1. The zero-order valence-electron chi connectivity index (χ0n) is 8.76. The Morgan fingerprint density at radius 1 is 1.50 bits per heavy atom. The van der Waals surface area contributed by atoms with Gasteiger partial charge >= 0.3 is 0 Å². The molecule has 0 aliphatic rings. The predicted octanol–water partition coefficient (Wildman–Crippen LogP) is 1.85. The molecule has 1 heterocycles. The maximum atomic E-state index is 10.1. The zero-order chi connectivity index (χ0) is 11.7. The van der Waals surface area contributed by atoms with Crippen LogP contribution in [-0.2, 0) is 7.05 Å². The summed E-state index contributed by atoms with van der Waals surface area (Å²) in [5, 5.41) is 14.1. The molecular weight excluding hydrogens is 270 g/mol. The van der Waals surface area contributed by atoms with Crippen LogP contribution in [0, 0.1) is 0 Å². The molecule has 0 fully saturated rings. The first-order chi connectivity index (χ1) is 7.58. The molecule has 3 N–H and O–H groups in total. The number of nitrogens with two attached hydrogens (primary N) is 1. The van der Waals surface area contributed by atoms with Gasteiger partial charge < -0.3 is 10.8 Å². The molecule has 1 atom stereocenters. The van der Waals surface area contributed by atoms with Crippen LogP contribution in [0.3, 0.4) is 0 Å². The first-order valence-corrected chi connectivity index (χ1v) is 5.59. The monoisotopic (exact) mass is 281 g/mol. The van der Waals surface area contributed by atoms with Crippen molar-refractivity contribution in [3.63, 3.8) is 0 Å². The van der Waals surface area contributed by atoms with E-state index in [1.165, 1.54) is 0 Å². The van der Waals surface area contributed by atoms with Gasteiger partial charge in [0.15, 0.2) is 0 Å². The maximum absolute atomic E-state index is 10.1. The Labute approximate surface area is 102 Å². The van der Waals surface area contributed by atoms with Crippen LogP contribution in [0.2, 0.25) is 0 Å². The molecule has 84 valence electrons. The molecule has 1 aromatic heterocycles. The second-order valence-corrected chi connectivity index (χ2v) is 4.54. The van der Waals surface area contributed by atoms with Gasteiger partial charge in [0.1, 0.15) is 6.10 Å². The highest BCUT2D eigenvalue weighted by Gasteiger charge is 2.14. The van der Waals surface area contributed by atoms with Gasteiger partial charge in [-0.15, -0.1) is 0 Å². The average molecular weight is 282 g/mol. The largest absolute Gasteiger partial charge is 0.398 e. The minimum absolute atomic E-state index is 0.561. The van der Waals surface area contributed by atoms with Gasteiger partial charge in [-0.3, -0.25) is 4.68 Å². The molecule has 2 rings (SSSR count). The number of nitrogen functional groups attached to an aromatic ring is 1. The van der Waals surface area contributed by atoms with Crippen LogP contribution in [0.5, 0.6) is 0 Å². The quantitative estimate of drug-likeness (QED) is 0.826. The number of aromatic nitrogens is 2. The molecule has 5 heteroatoms. The lowest BCUT2D eigenvalue weighted by molar-refractivity contribution is 0.221. The van der Waals surface area contributed by atoms with E-state index >= 15 is 0 Å². The van der Waals surface area contributed by atoms with Gasteiger partial charge in [0.25, 0.3) is 0 Å². The fourth-order valence-corrected chi connectivity index (χ4v) is 1.93. The van der Waals surface area contributed by atoms with Crippen molar-refractivity contribution >= 4 is 21.6 Å². The summed E-state index contributed by atoms with van der Waals surface area (Å²) >= 11 is 3.33. The standard InChI is InChI=1S/C11H12BrN3O/c1-15-6-7(5-14-15)11(16)9-3-2-8(12)4-10(9)13/h2-6,11,16H,13H2,1H3. The molecule has 1 aromatic carbocycles. The van der Waals surface area contributed by atoms with Crippen molar-refractivity contribution in [3.05, 3.63) is 46.2 Å². The Balaban J connectivity index is 2.37. The molecule has 0 aliphatic heterocycles. The SMILES string of the molecule is Cn1cc(C(O)c2ccc(Br)cc2N)cn1. The van der Waals surface area contributed by atoms with Crippen molar-refractivity contribution in [2.45, 2.75) is 6.10 Å². The Hall–Kier alpha value is -1.33. The van der Waals surface area contributed by atoms with Gasteiger partial charge in [-0.1, -0.05) is 22.0 Å². The highest BCUT2D eigenvalue weighted by Crippen LogP contribution is 2.28. The number of aryl methyl sites for hydroxylation is 1. The lowest BCUT2D eigenvalue weighted by Gasteiger charge is -2.11. The van der Waals surface area contributed by atoms with Gasteiger partial charge in [-0.2, -0.15) is 5.10 Å². The van der Waals surface area contributed by atoms with E-state index in [9.17, 15) is 5.11 Å². The molecule has 4 nitrogen and oxygen atoms in total. The fourth-order valence-electron chi connectivity index (χ4n) is 1.56. The Bertz CT molecular complexity index is 510. The Morgan fingerprint density at radius 2 is 2.25 bits per heavy atom. The van der Waals surface area contributed by atoms with Crippen LogP contribution in [-0.4, -0.2) is 14.9 Å². The van der Waals surface area contributed by atoms with Gasteiger partial charge in [0, 0.05) is 34.5 Å². The van der Waals surface area contributed by atoms with E-state index in [0.717, 1.165) is 10.0 Å². The lowest BCUT2D eigenvalue weighted by atomic mass is 10.0. The predicted molar refractivity (Wildman–Crippen MR) is 65.8 cm³/mol. The molecule has 0 amide bonds. The topological polar surface area (TPSA) is 64.1 Å². The number of halogens is 1. The van der Waals surface area contributed by atoms with Crippen molar-refractivity contribution in [2.75, 3.05) is 5.73 Å². The summed E-state index contributed by atoms with van der Waals surface area (Å²) in [5.41, 5.74) is 7.83. The minimum atomic E-state index is -0.734. The first kappa shape index (κ1) is 11.2. The van der Waals surface area contributed by atoms with E-state index < -0.39 is 6.10 Å². The Kier molecular flexibility index (Phi) is 2.98.